The van der Waals surface area contributed by atoms with Crippen molar-refractivity contribution < 1.29 is 4.79 Å². The van der Waals surface area contributed by atoms with E-state index in [1.807, 2.05) is 24.3 Å². The van der Waals surface area contributed by atoms with Crippen LogP contribution < -0.4 is 5.43 Å². The van der Waals surface area contributed by atoms with Gasteiger partial charge >= 0.3 is 0 Å². The Balaban J connectivity index is 1.60. The molecule has 0 spiro atoms. The molecule has 3 rings (SSSR count). The number of carbonyl (C=O) groups is 1. The van der Waals surface area contributed by atoms with E-state index in [2.05, 4.69) is 67.1 Å². The van der Waals surface area contributed by atoms with Gasteiger partial charge in [-0.05, 0) is 57.0 Å². The molecule has 3 aromatic rings. The summed E-state index contributed by atoms with van der Waals surface area (Å²) < 4.78 is 2.22. The van der Waals surface area contributed by atoms with Crippen molar-refractivity contribution in [1.82, 2.24) is 9.99 Å². The second-order valence-corrected chi connectivity index (χ2v) is 8.72. The standard InChI is InChI=1S/C24H26ClN3OS/c1-16-9-10-23(17(2)11-16)28-18(3)12-21(19(28)4)13-26-27-24(29)15-30-14-20-7-5-6-8-22(20)25/h5-13H,14-15H2,1-4H3,(H,27,29)/b26-13-. The minimum Gasteiger partial charge on any atom is -0.318 e. The number of rotatable bonds is 7. The van der Waals surface area contributed by atoms with Crippen LogP contribution in [0.25, 0.3) is 5.69 Å². The lowest BCUT2D eigenvalue weighted by atomic mass is 10.1. The summed E-state index contributed by atoms with van der Waals surface area (Å²) in [6.45, 7) is 8.36. The number of hydrogen-bond donors (Lipinski definition) is 1. The van der Waals surface area contributed by atoms with E-state index in [4.69, 9.17) is 11.6 Å². The van der Waals surface area contributed by atoms with Crippen molar-refractivity contribution in [1.29, 1.82) is 0 Å². The summed E-state index contributed by atoms with van der Waals surface area (Å²) in [6.07, 6.45) is 1.71. The van der Waals surface area contributed by atoms with Gasteiger partial charge in [-0.2, -0.15) is 5.10 Å². The first-order valence-corrected chi connectivity index (χ1v) is 11.3. The molecular weight excluding hydrogens is 414 g/mol. The lowest BCUT2D eigenvalue weighted by molar-refractivity contribution is -0.118. The number of nitrogens with zero attached hydrogens (tertiary/aromatic N) is 2. The highest BCUT2D eigenvalue weighted by Gasteiger charge is 2.11. The first kappa shape index (κ1) is 22.2. The fourth-order valence-corrected chi connectivity index (χ4v) is 4.53. The fourth-order valence-electron chi connectivity index (χ4n) is 3.42. The third-order valence-corrected chi connectivity index (χ3v) is 6.26. The van der Waals surface area contributed by atoms with Gasteiger partial charge in [0.15, 0.2) is 0 Å². The minimum absolute atomic E-state index is 0.133. The van der Waals surface area contributed by atoms with Crippen LogP contribution >= 0.6 is 23.4 Å². The highest BCUT2D eigenvalue weighted by molar-refractivity contribution is 7.99. The number of halogens is 1. The molecule has 156 valence electrons. The number of carbonyl (C=O) groups excluding carboxylic acids is 1. The molecule has 1 N–H and O–H groups in total. The molecule has 0 fully saturated rings. The quantitative estimate of drug-likeness (QED) is 0.376. The van der Waals surface area contributed by atoms with Gasteiger partial charge in [-0.25, -0.2) is 5.43 Å². The van der Waals surface area contributed by atoms with Gasteiger partial charge in [0.25, 0.3) is 0 Å². The van der Waals surface area contributed by atoms with Crippen LogP contribution in [-0.2, 0) is 10.5 Å². The minimum atomic E-state index is -0.133. The molecule has 0 aliphatic rings. The van der Waals surface area contributed by atoms with Gasteiger partial charge in [0.2, 0.25) is 5.91 Å². The van der Waals surface area contributed by atoms with Crippen molar-refractivity contribution >= 4 is 35.5 Å². The van der Waals surface area contributed by atoms with E-state index in [0.29, 0.717) is 11.5 Å². The Morgan fingerprint density at radius 3 is 2.63 bits per heavy atom. The monoisotopic (exact) mass is 439 g/mol. The summed E-state index contributed by atoms with van der Waals surface area (Å²) in [7, 11) is 0. The smallest absolute Gasteiger partial charge is 0.250 e. The average Bonchev–Trinajstić information content (AvgIpc) is 2.97. The third kappa shape index (κ3) is 5.35. The molecule has 6 heteroatoms. The first-order chi connectivity index (χ1) is 14.4. The highest BCUT2D eigenvalue weighted by Crippen LogP contribution is 2.23. The maximum absolute atomic E-state index is 12.1. The number of hydrogen-bond acceptors (Lipinski definition) is 3. The fraction of sp³-hybridized carbons (Fsp3) is 0.250. The van der Waals surface area contributed by atoms with Crippen molar-refractivity contribution in [2.24, 2.45) is 5.10 Å². The van der Waals surface area contributed by atoms with Crippen molar-refractivity contribution in [3.63, 3.8) is 0 Å². The molecule has 30 heavy (non-hydrogen) atoms. The van der Waals surface area contributed by atoms with Crippen molar-refractivity contribution in [2.75, 3.05) is 5.75 Å². The van der Waals surface area contributed by atoms with E-state index in [0.717, 1.165) is 33.2 Å². The summed E-state index contributed by atoms with van der Waals surface area (Å²) in [4.78, 5) is 12.1. The SMILES string of the molecule is Cc1ccc(-n2c(C)cc(/C=N\NC(=O)CSCc3ccccc3Cl)c2C)c(C)c1. The Bertz CT molecular complexity index is 1090. The van der Waals surface area contributed by atoms with E-state index >= 15 is 0 Å². The second-order valence-electron chi connectivity index (χ2n) is 7.33. The molecule has 0 saturated heterocycles. The highest BCUT2D eigenvalue weighted by atomic mass is 35.5. The molecule has 1 amide bonds. The predicted molar refractivity (Wildman–Crippen MR) is 128 cm³/mol. The zero-order valence-corrected chi connectivity index (χ0v) is 19.3. The van der Waals surface area contributed by atoms with E-state index in [1.165, 1.54) is 22.9 Å². The van der Waals surface area contributed by atoms with Gasteiger partial charge in [0.05, 0.1) is 12.0 Å². The molecule has 0 atom stereocenters. The van der Waals surface area contributed by atoms with Crippen LogP contribution in [0, 0.1) is 27.7 Å². The Labute approximate surface area is 187 Å². The number of aromatic nitrogens is 1. The molecule has 4 nitrogen and oxygen atoms in total. The van der Waals surface area contributed by atoms with Crippen LogP contribution in [0.4, 0.5) is 0 Å². The van der Waals surface area contributed by atoms with Crippen LogP contribution in [0.1, 0.15) is 33.6 Å². The topological polar surface area (TPSA) is 46.4 Å². The lowest BCUT2D eigenvalue weighted by Gasteiger charge is -2.13. The summed E-state index contributed by atoms with van der Waals surface area (Å²) in [5, 5.41) is 4.88. The molecule has 2 aromatic carbocycles. The predicted octanol–water partition coefficient (Wildman–Crippen LogP) is 5.75. The summed E-state index contributed by atoms with van der Waals surface area (Å²) in [5.74, 6) is 0.879. The number of nitrogens with one attached hydrogen (secondary N) is 1. The number of hydrazone groups is 1. The molecule has 0 bridgehead atoms. The third-order valence-electron chi connectivity index (χ3n) is 4.90. The molecule has 0 saturated carbocycles. The normalized spacial score (nSPS) is 11.2. The van der Waals surface area contributed by atoms with E-state index < -0.39 is 0 Å². The number of thioether (sulfide) groups is 1. The van der Waals surface area contributed by atoms with Gasteiger partial charge in [-0.3, -0.25) is 4.79 Å². The molecule has 0 aliphatic carbocycles. The van der Waals surface area contributed by atoms with Crippen molar-refractivity contribution in [3.8, 4) is 5.69 Å². The molecule has 0 unspecified atom stereocenters. The maximum atomic E-state index is 12.1. The van der Waals surface area contributed by atoms with Gasteiger partial charge < -0.3 is 4.57 Å². The Kier molecular flexibility index (Phi) is 7.40. The van der Waals surface area contributed by atoms with Gasteiger partial charge in [0, 0.05) is 33.4 Å². The Hall–Kier alpha value is -2.50. The molecule has 1 aromatic heterocycles. The largest absolute Gasteiger partial charge is 0.318 e. The first-order valence-electron chi connectivity index (χ1n) is 9.76. The number of amides is 1. The van der Waals surface area contributed by atoms with Crippen LogP contribution in [0.3, 0.4) is 0 Å². The van der Waals surface area contributed by atoms with Crippen molar-refractivity contribution in [2.45, 2.75) is 33.4 Å². The molecule has 1 heterocycles. The molecular formula is C24H26ClN3OS. The lowest BCUT2D eigenvalue weighted by Crippen LogP contribution is -2.19. The second kappa shape index (κ2) is 10.0. The average molecular weight is 440 g/mol. The maximum Gasteiger partial charge on any atom is 0.250 e. The van der Waals surface area contributed by atoms with Crippen molar-refractivity contribution in [3.05, 3.63) is 87.2 Å². The molecule has 0 radical (unpaired) electrons. The Morgan fingerprint density at radius 2 is 1.90 bits per heavy atom. The zero-order valence-electron chi connectivity index (χ0n) is 17.7. The number of benzene rings is 2. The molecule has 0 aliphatic heterocycles. The van der Waals surface area contributed by atoms with Crippen LogP contribution in [0.5, 0.6) is 0 Å². The van der Waals surface area contributed by atoms with E-state index in [-0.39, 0.29) is 5.91 Å². The van der Waals surface area contributed by atoms with Crippen LogP contribution in [-0.4, -0.2) is 22.4 Å². The van der Waals surface area contributed by atoms with Gasteiger partial charge in [-0.15, -0.1) is 11.8 Å². The van der Waals surface area contributed by atoms with E-state index in [9.17, 15) is 4.79 Å². The van der Waals surface area contributed by atoms with Crippen LogP contribution in [0.15, 0.2) is 53.6 Å². The van der Waals surface area contributed by atoms with E-state index in [1.54, 1.807) is 6.21 Å². The summed E-state index contributed by atoms with van der Waals surface area (Å²) in [5.41, 5.74) is 10.5. The van der Waals surface area contributed by atoms with Crippen LogP contribution in [0.2, 0.25) is 5.02 Å². The number of aryl methyl sites for hydroxylation is 3. The van der Waals surface area contributed by atoms with Gasteiger partial charge in [0.1, 0.15) is 0 Å². The van der Waals surface area contributed by atoms with Gasteiger partial charge in [-0.1, -0.05) is 47.5 Å². The zero-order chi connectivity index (χ0) is 21.7. The summed E-state index contributed by atoms with van der Waals surface area (Å²) in [6, 6.07) is 16.2. The summed E-state index contributed by atoms with van der Waals surface area (Å²) >= 11 is 7.65. The Morgan fingerprint density at radius 1 is 1.13 bits per heavy atom.